The van der Waals surface area contributed by atoms with E-state index >= 15 is 0 Å². The van der Waals surface area contributed by atoms with Crippen molar-refractivity contribution >= 4 is 11.6 Å². The molecule has 2 heteroatoms. The molecule has 1 amide bonds. The van der Waals surface area contributed by atoms with Gasteiger partial charge in [0.05, 0.1) is 5.69 Å². The Morgan fingerprint density at radius 1 is 1.08 bits per heavy atom. The highest BCUT2D eigenvalue weighted by molar-refractivity contribution is 5.94. The van der Waals surface area contributed by atoms with Crippen molar-refractivity contribution in [3.63, 3.8) is 0 Å². The van der Waals surface area contributed by atoms with Crippen LogP contribution in [0.5, 0.6) is 0 Å². The Morgan fingerprint density at radius 2 is 1.79 bits per heavy atom. The number of fused-ring (bicyclic) bond motifs is 1. The standard InChI is InChI=1S/C22H27NO/c1-16(24)23-14-13-20(22(2,3)4)19-12-8-11-18(21(19)23)15-17-9-6-5-7-10-17/h5-12,20H,13-15H2,1-4H3. The number of benzene rings is 2. The number of carbonyl (C=O) groups is 1. The van der Waals surface area contributed by atoms with Crippen molar-refractivity contribution in [3.05, 3.63) is 65.2 Å². The molecule has 1 unspecified atom stereocenters. The van der Waals surface area contributed by atoms with E-state index < -0.39 is 0 Å². The Balaban J connectivity index is 2.10. The molecule has 2 nitrogen and oxygen atoms in total. The third kappa shape index (κ3) is 3.24. The minimum atomic E-state index is 0.143. The Kier molecular flexibility index (Phi) is 4.49. The molecule has 0 N–H and O–H groups in total. The Hall–Kier alpha value is -2.09. The minimum Gasteiger partial charge on any atom is -0.312 e. The lowest BCUT2D eigenvalue weighted by atomic mass is 9.71. The fourth-order valence-corrected chi connectivity index (χ4v) is 3.92. The average Bonchev–Trinajstić information content (AvgIpc) is 2.54. The fourth-order valence-electron chi connectivity index (χ4n) is 3.92. The van der Waals surface area contributed by atoms with E-state index in [1.807, 2.05) is 11.0 Å². The lowest BCUT2D eigenvalue weighted by Crippen LogP contribution is -2.38. The summed E-state index contributed by atoms with van der Waals surface area (Å²) < 4.78 is 0. The zero-order valence-corrected chi connectivity index (χ0v) is 15.2. The first kappa shape index (κ1) is 16.8. The molecule has 24 heavy (non-hydrogen) atoms. The van der Waals surface area contributed by atoms with Crippen LogP contribution in [0.3, 0.4) is 0 Å². The summed E-state index contributed by atoms with van der Waals surface area (Å²) in [6.07, 6.45) is 1.90. The largest absolute Gasteiger partial charge is 0.312 e. The van der Waals surface area contributed by atoms with Crippen molar-refractivity contribution in [3.8, 4) is 0 Å². The van der Waals surface area contributed by atoms with E-state index in [-0.39, 0.29) is 11.3 Å². The molecular weight excluding hydrogens is 294 g/mol. The Bertz CT molecular complexity index is 727. The van der Waals surface area contributed by atoms with Gasteiger partial charge in [0.1, 0.15) is 0 Å². The van der Waals surface area contributed by atoms with Crippen molar-refractivity contribution in [2.24, 2.45) is 5.41 Å². The molecule has 0 aromatic heterocycles. The summed E-state index contributed by atoms with van der Waals surface area (Å²) in [5.74, 6) is 0.628. The number of anilines is 1. The third-order valence-corrected chi connectivity index (χ3v) is 5.10. The zero-order valence-electron chi connectivity index (χ0n) is 15.2. The first-order chi connectivity index (χ1) is 11.4. The van der Waals surface area contributed by atoms with Gasteiger partial charge >= 0.3 is 0 Å². The van der Waals surface area contributed by atoms with E-state index in [0.29, 0.717) is 5.92 Å². The van der Waals surface area contributed by atoms with Crippen molar-refractivity contribution in [1.82, 2.24) is 0 Å². The zero-order chi connectivity index (χ0) is 17.3. The Morgan fingerprint density at radius 3 is 2.42 bits per heavy atom. The normalized spacial score (nSPS) is 17.5. The van der Waals surface area contributed by atoms with Crippen LogP contribution in [0.1, 0.15) is 56.7 Å². The molecule has 3 rings (SSSR count). The molecule has 0 saturated carbocycles. The molecule has 0 spiro atoms. The van der Waals surface area contributed by atoms with Crippen LogP contribution in [-0.2, 0) is 11.2 Å². The predicted octanol–water partition coefficient (Wildman–Crippen LogP) is 5.16. The number of nitrogens with zero attached hydrogens (tertiary/aromatic N) is 1. The van der Waals surface area contributed by atoms with Crippen LogP contribution in [0.15, 0.2) is 48.5 Å². The fraction of sp³-hybridized carbons (Fsp3) is 0.409. The molecule has 0 radical (unpaired) electrons. The second-order valence-electron chi connectivity index (χ2n) is 7.90. The predicted molar refractivity (Wildman–Crippen MR) is 101 cm³/mol. The lowest BCUT2D eigenvalue weighted by molar-refractivity contribution is -0.116. The van der Waals surface area contributed by atoms with Gasteiger partial charge in [-0.05, 0) is 40.9 Å². The van der Waals surface area contributed by atoms with Crippen molar-refractivity contribution in [2.45, 2.75) is 46.5 Å². The number of amides is 1. The number of para-hydroxylation sites is 1. The average molecular weight is 321 g/mol. The lowest BCUT2D eigenvalue weighted by Gasteiger charge is -2.41. The number of carbonyl (C=O) groups excluding carboxylic acids is 1. The summed E-state index contributed by atoms with van der Waals surface area (Å²) in [4.78, 5) is 14.2. The topological polar surface area (TPSA) is 20.3 Å². The van der Waals surface area contributed by atoms with E-state index in [9.17, 15) is 4.79 Å². The number of rotatable bonds is 2. The highest BCUT2D eigenvalue weighted by atomic mass is 16.2. The van der Waals surface area contributed by atoms with Gasteiger partial charge in [0.25, 0.3) is 0 Å². The molecule has 0 saturated heterocycles. The smallest absolute Gasteiger partial charge is 0.223 e. The summed E-state index contributed by atoms with van der Waals surface area (Å²) in [5, 5.41) is 0. The van der Waals surface area contributed by atoms with Crippen LogP contribution in [-0.4, -0.2) is 12.5 Å². The maximum Gasteiger partial charge on any atom is 0.223 e. The van der Waals surface area contributed by atoms with Crippen LogP contribution in [0.4, 0.5) is 5.69 Å². The molecule has 1 heterocycles. The van der Waals surface area contributed by atoms with Crippen molar-refractivity contribution in [2.75, 3.05) is 11.4 Å². The van der Waals surface area contributed by atoms with Crippen LogP contribution < -0.4 is 4.90 Å². The molecule has 1 aliphatic heterocycles. The third-order valence-electron chi connectivity index (χ3n) is 5.10. The van der Waals surface area contributed by atoms with Crippen molar-refractivity contribution in [1.29, 1.82) is 0 Å². The number of hydrogen-bond donors (Lipinski definition) is 0. The van der Waals surface area contributed by atoms with E-state index in [1.165, 1.54) is 16.7 Å². The molecule has 126 valence electrons. The van der Waals surface area contributed by atoms with Gasteiger partial charge in [-0.25, -0.2) is 0 Å². The van der Waals surface area contributed by atoms with Crippen LogP contribution in [0.25, 0.3) is 0 Å². The van der Waals surface area contributed by atoms with Crippen LogP contribution in [0, 0.1) is 5.41 Å². The summed E-state index contributed by atoms with van der Waals surface area (Å²) in [7, 11) is 0. The molecule has 2 aromatic carbocycles. The maximum absolute atomic E-state index is 12.2. The summed E-state index contributed by atoms with van der Waals surface area (Å²) in [5.41, 5.74) is 5.22. The SMILES string of the molecule is CC(=O)N1CCC(C(C)(C)C)c2cccc(Cc3ccccc3)c21. The monoisotopic (exact) mass is 321 g/mol. The first-order valence-electron chi connectivity index (χ1n) is 8.81. The molecule has 2 aromatic rings. The quantitative estimate of drug-likeness (QED) is 0.748. The molecule has 0 bridgehead atoms. The van der Waals surface area contributed by atoms with Gasteiger partial charge in [-0.3, -0.25) is 4.79 Å². The van der Waals surface area contributed by atoms with Gasteiger partial charge in [-0.15, -0.1) is 0 Å². The molecule has 0 fully saturated rings. The Labute approximate surface area is 145 Å². The number of hydrogen-bond acceptors (Lipinski definition) is 1. The maximum atomic E-state index is 12.2. The van der Waals surface area contributed by atoms with Gasteiger partial charge in [-0.1, -0.05) is 69.3 Å². The van der Waals surface area contributed by atoms with Gasteiger partial charge in [-0.2, -0.15) is 0 Å². The van der Waals surface area contributed by atoms with Crippen molar-refractivity contribution < 1.29 is 4.79 Å². The van der Waals surface area contributed by atoms with E-state index in [1.54, 1.807) is 6.92 Å². The highest BCUT2D eigenvalue weighted by Crippen LogP contribution is 2.46. The second-order valence-corrected chi connectivity index (χ2v) is 7.90. The van der Waals surface area contributed by atoms with Gasteiger partial charge in [0, 0.05) is 13.5 Å². The van der Waals surface area contributed by atoms with E-state index in [2.05, 4.69) is 63.2 Å². The van der Waals surface area contributed by atoms with Crippen LogP contribution >= 0.6 is 0 Å². The van der Waals surface area contributed by atoms with E-state index in [0.717, 1.165) is 25.1 Å². The molecule has 0 aliphatic carbocycles. The highest BCUT2D eigenvalue weighted by Gasteiger charge is 2.35. The summed E-state index contributed by atoms with van der Waals surface area (Å²) in [6, 6.07) is 17.0. The van der Waals surface area contributed by atoms with Gasteiger partial charge in [0.15, 0.2) is 0 Å². The minimum absolute atomic E-state index is 0.143. The van der Waals surface area contributed by atoms with E-state index in [4.69, 9.17) is 0 Å². The molecule has 1 aliphatic rings. The summed E-state index contributed by atoms with van der Waals surface area (Å²) >= 11 is 0. The summed E-state index contributed by atoms with van der Waals surface area (Å²) in [6.45, 7) is 9.40. The van der Waals surface area contributed by atoms with Gasteiger partial charge < -0.3 is 4.90 Å². The van der Waals surface area contributed by atoms with Crippen LogP contribution in [0.2, 0.25) is 0 Å². The molecule has 1 atom stereocenters. The first-order valence-corrected chi connectivity index (χ1v) is 8.81. The second kappa shape index (κ2) is 6.43. The molecular formula is C22H27NO. The van der Waals surface area contributed by atoms with Gasteiger partial charge in [0.2, 0.25) is 5.91 Å².